The average Bonchev–Trinajstić information content (AvgIpc) is 2.62. The lowest BCUT2D eigenvalue weighted by molar-refractivity contribution is -0.0265. The van der Waals surface area contributed by atoms with Crippen LogP contribution in [0.1, 0.15) is 51.4 Å². The van der Waals surface area contributed by atoms with Gasteiger partial charge >= 0.3 is 17.1 Å². The van der Waals surface area contributed by atoms with Gasteiger partial charge in [0.05, 0.1) is 24.4 Å². The molecule has 0 heterocycles. The van der Waals surface area contributed by atoms with Crippen LogP contribution in [0, 0.1) is 11.8 Å². The minimum atomic E-state index is -2.78. The third-order valence-corrected chi connectivity index (χ3v) is 12.8. The molecule has 0 aromatic heterocycles. The van der Waals surface area contributed by atoms with Gasteiger partial charge in [0.1, 0.15) is 0 Å². The van der Waals surface area contributed by atoms with Gasteiger partial charge in [0.2, 0.25) is 0 Å². The quantitative estimate of drug-likeness (QED) is 0.348. The van der Waals surface area contributed by atoms with Gasteiger partial charge in [-0.15, -0.1) is 0 Å². The highest BCUT2D eigenvalue weighted by molar-refractivity contribution is 6.79. The van der Waals surface area contributed by atoms with Crippen molar-refractivity contribution in [2.75, 3.05) is 7.11 Å². The van der Waals surface area contributed by atoms with Crippen molar-refractivity contribution in [2.45, 2.75) is 101 Å². The smallest absolute Gasteiger partial charge is 0.329 e. The average molecular weight is 437 g/mol. The first-order chi connectivity index (χ1) is 13.0. The van der Waals surface area contributed by atoms with E-state index in [0.29, 0.717) is 37.5 Å². The van der Waals surface area contributed by atoms with Gasteiger partial charge < -0.3 is 33.8 Å². The van der Waals surface area contributed by atoms with E-state index >= 15 is 0 Å². The monoisotopic (exact) mass is 436 g/mol. The van der Waals surface area contributed by atoms with E-state index in [0.717, 1.165) is 37.8 Å². The summed E-state index contributed by atoms with van der Waals surface area (Å²) in [7, 11) is -3.73. The molecule has 6 atom stereocenters. The van der Waals surface area contributed by atoms with Crippen molar-refractivity contribution in [1.82, 2.24) is 0 Å². The van der Waals surface area contributed by atoms with Gasteiger partial charge in [-0.3, -0.25) is 0 Å². The van der Waals surface area contributed by atoms with Crippen molar-refractivity contribution in [3.63, 3.8) is 0 Å². The van der Waals surface area contributed by atoms with Crippen molar-refractivity contribution in [3.8, 4) is 0 Å². The lowest BCUT2D eigenvalue weighted by Crippen LogP contribution is -2.51. The van der Waals surface area contributed by atoms with E-state index in [9.17, 15) is 25.2 Å². The molecule has 0 aliphatic heterocycles. The van der Waals surface area contributed by atoms with Gasteiger partial charge in [-0.25, -0.2) is 0 Å². The maximum absolute atomic E-state index is 10.4. The minimum Gasteiger partial charge on any atom is -0.415 e. The molecule has 28 heavy (non-hydrogen) atoms. The van der Waals surface area contributed by atoms with E-state index in [1.54, 1.807) is 20.2 Å². The summed E-state index contributed by atoms with van der Waals surface area (Å²) in [5, 5.41) is 39.4. The fourth-order valence-corrected chi connectivity index (χ4v) is 11.9. The van der Waals surface area contributed by atoms with Crippen LogP contribution in [0.2, 0.25) is 25.2 Å². The molecule has 0 amide bonds. The predicted molar refractivity (Wildman–Crippen MR) is 111 cm³/mol. The second-order valence-corrected chi connectivity index (χ2v) is 16.3. The lowest BCUT2D eigenvalue weighted by atomic mass is 9.84. The van der Waals surface area contributed by atoms with Gasteiger partial charge in [0, 0.05) is 7.11 Å². The highest BCUT2D eigenvalue weighted by Gasteiger charge is 2.43. The van der Waals surface area contributed by atoms with Gasteiger partial charge in [0.25, 0.3) is 0 Å². The molecule has 7 nitrogen and oxygen atoms in total. The van der Waals surface area contributed by atoms with Gasteiger partial charge in [0.15, 0.2) is 0 Å². The van der Waals surface area contributed by atoms with Gasteiger partial charge in [-0.1, -0.05) is 0 Å². The van der Waals surface area contributed by atoms with Crippen molar-refractivity contribution in [1.29, 1.82) is 0 Å². The molecule has 2 aliphatic carbocycles. The summed E-state index contributed by atoms with van der Waals surface area (Å²) in [4.78, 5) is 10.4. The maximum atomic E-state index is 10.4. The summed E-state index contributed by atoms with van der Waals surface area (Å²) in [5.41, 5.74) is 0. The molecule has 2 saturated carbocycles. The Kier molecular flexibility index (Phi) is 9.12. The maximum Gasteiger partial charge on any atom is 0.329 e. The normalized spacial score (nSPS) is 36.9. The van der Waals surface area contributed by atoms with Crippen LogP contribution in [0.4, 0.5) is 0 Å². The van der Waals surface area contributed by atoms with E-state index in [2.05, 4.69) is 0 Å². The van der Waals surface area contributed by atoms with E-state index < -0.39 is 41.5 Å². The highest BCUT2D eigenvalue weighted by atomic mass is 28.5. The molecule has 0 radical (unpaired) electrons. The Morgan fingerprint density at radius 3 is 1.50 bits per heavy atom. The summed E-state index contributed by atoms with van der Waals surface area (Å²) in [5.74, 6) is 0.665. The molecule has 0 spiro atoms. The summed E-state index contributed by atoms with van der Waals surface area (Å²) in [6.45, 7) is 3.52. The Morgan fingerprint density at radius 1 is 0.750 bits per heavy atom. The molecule has 166 valence electrons. The summed E-state index contributed by atoms with van der Waals surface area (Å²) in [6, 6.07) is 1.51. The van der Waals surface area contributed by atoms with Crippen LogP contribution in [-0.2, 0) is 8.54 Å². The highest BCUT2D eigenvalue weighted by Crippen LogP contribution is 2.36. The zero-order valence-electron chi connectivity index (χ0n) is 17.6. The summed E-state index contributed by atoms with van der Waals surface area (Å²) < 4.78 is 12.2. The molecule has 2 rings (SSSR count). The summed E-state index contributed by atoms with van der Waals surface area (Å²) >= 11 is 0. The predicted octanol–water partition coefficient (Wildman–Crippen LogP) is 1.61. The molecule has 0 aromatic carbocycles. The molecule has 2 fully saturated rings. The van der Waals surface area contributed by atoms with Crippen LogP contribution >= 0.6 is 0 Å². The van der Waals surface area contributed by atoms with Gasteiger partial charge in [-0.2, -0.15) is 0 Å². The standard InChI is InChI=1S/C19H40O7Si2/c1-25-28(26-27(2,3)24,10-8-14-4-6-16(20)18(22)12-14)11-9-15-5-7-17(21)19(23)13-15/h14-24H,4-13H2,1-3H3. The Morgan fingerprint density at radius 2 is 1.18 bits per heavy atom. The van der Waals surface area contributed by atoms with E-state index in [4.69, 9.17) is 8.54 Å². The third-order valence-electron chi connectivity index (χ3n) is 6.45. The van der Waals surface area contributed by atoms with Crippen molar-refractivity contribution in [3.05, 3.63) is 0 Å². The topological polar surface area (TPSA) is 120 Å². The first-order valence-corrected chi connectivity index (χ1v) is 15.8. The molecule has 5 N–H and O–H groups in total. The van der Waals surface area contributed by atoms with E-state index in [-0.39, 0.29) is 0 Å². The van der Waals surface area contributed by atoms with Crippen molar-refractivity contribution < 1.29 is 33.8 Å². The van der Waals surface area contributed by atoms with E-state index in [1.807, 2.05) is 0 Å². The molecule has 6 unspecified atom stereocenters. The Bertz CT molecular complexity index is 444. The van der Waals surface area contributed by atoms with E-state index in [1.165, 1.54) is 0 Å². The number of aliphatic hydroxyl groups excluding tert-OH is 4. The Labute approximate surface area is 171 Å². The fraction of sp³-hybridized carbons (Fsp3) is 1.00. The molecule has 2 aliphatic rings. The Balaban J connectivity index is 1.96. The third kappa shape index (κ3) is 7.44. The molecular formula is C19H40O7Si2. The molecular weight excluding hydrogens is 396 g/mol. The zero-order chi connectivity index (χ0) is 20.9. The van der Waals surface area contributed by atoms with Crippen LogP contribution in [0.25, 0.3) is 0 Å². The second kappa shape index (κ2) is 10.5. The lowest BCUT2D eigenvalue weighted by Gasteiger charge is -2.38. The summed E-state index contributed by atoms with van der Waals surface area (Å²) in [6.07, 6.45) is 3.40. The SMILES string of the molecule is CO[Si](CCC1CCC(O)C(O)C1)(CCC1CCC(O)C(O)C1)O[Si](C)(C)O. The molecule has 0 bridgehead atoms. The second-order valence-electron chi connectivity index (χ2n) is 9.37. The Hall–Kier alpha value is 0.154. The molecule has 0 saturated heterocycles. The van der Waals surface area contributed by atoms with Crippen LogP contribution < -0.4 is 0 Å². The molecule has 9 heteroatoms. The van der Waals surface area contributed by atoms with Crippen molar-refractivity contribution >= 4 is 17.1 Å². The number of hydrogen-bond donors (Lipinski definition) is 5. The number of rotatable bonds is 9. The number of hydrogen-bond acceptors (Lipinski definition) is 7. The van der Waals surface area contributed by atoms with Crippen LogP contribution in [0.3, 0.4) is 0 Å². The number of aliphatic hydroxyl groups is 4. The first-order valence-electron chi connectivity index (χ1n) is 10.7. The zero-order valence-corrected chi connectivity index (χ0v) is 19.6. The fourth-order valence-electron chi connectivity index (χ4n) is 4.73. The van der Waals surface area contributed by atoms with Crippen LogP contribution in [-0.4, -0.2) is 73.9 Å². The van der Waals surface area contributed by atoms with Crippen LogP contribution in [0.5, 0.6) is 0 Å². The minimum absolute atomic E-state index is 0.333. The largest absolute Gasteiger partial charge is 0.415 e. The molecule has 0 aromatic rings. The van der Waals surface area contributed by atoms with Crippen molar-refractivity contribution in [2.24, 2.45) is 11.8 Å². The first kappa shape index (κ1) is 24.4. The van der Waals surface area contributed by atoms with Crippen LogP contribution in [0.15, 0.2) is 0 Å². The van der Waals surface area contributed by atoms with Gasteiger partial charge in [-0.05, 0) is 88.4 Å².